The van der Waals surface area contributed by atoms with E-state index in [1.165, 1.54) is 4.57 Å². The monoisotopic (exact) mass is 904 g/mol. The van der Waals surface area contributed by atoms with E-state index in [2.05, 4.69) is 56.7 Å². The van der Waals surface area contributed by atoms with Gasteiger partial charge in [-0.1, -0.05) is 41.5 Å². The van der Waals surface area contributed by atoms with Gasteiger partial charge in [-0.25, -0.2) is 14.8 Å². The van der Waals surface area contributed by atoms with Crippen molar-refractivity contribution in [3.63, 3.8) is 0 Å². The minimum absolute atomic E-state index is 0.0381. The third kappa shape index (κ3) is 14.1. The molecule has 21 heteroatoms. The first-order valence-electron chi connectivity index (χ1n) is 21.6. The van der Waals surface area contributed by atoms with Crippen molar-refractivity contribution >= 4 is 68.7 Å². The summed E-state index contributed by atoms with van der Waals surface area (Å²) in [6.07, 6.45) is 3.39. The van der Waals surface area contributed by atoms with Crippen LogP contribution in [-0.2, 0) is 51.1 Å². The highest BCUT2D eigenvalue weighted by Gasteiger charge is 2.26. The molecule has 0 saturated carbocycles. The lowest BCUT2D eigenvalue weighted by atomic mass is 9.96. The number of rotatable bonds is 10. The molecule has 2 aliphatic heterocycles. The van der Waals surface area contributed by atoms with Crippen LogP contribution < -0.4 is 37.2 Å². The molecule has 0 radical (unpaired) electrons. The Kier molecular flexibility index (Phi) is 15.6. The average Bonchev–Trinajstić information content (AvgIpc) is 3.22. The van der Waals surface area contributed by atoms with Crippen molar-refractivity contribution in [2.24, 2.45) is 10.8 Å². The highest BCUT2D eigenvalue weighted by atomic mass is 16.6. The summed E-state index contributed by atoms with van der Waals surface area (Å²) in [4.78, 5) is 79.8. The van der Waals surface area contributed by atoms with Crippen LogP contribution in [0.2, 0.25) is 0 Å². The summed E-state index contributed by atoms with van der Waals surface area (Å²) in [5, 5.41) is 9.10. The second-order valence-electron chi connectivity index (χ2n) is 19.7. The Labute approximate surface area is 378 Å². The van der Waals surface area contributed by atoms with E-state index in [-0.39, 0.29) is 30.6 Å². The van der Waals surface area contributed by atoms with Gasteiger partial charge in [0.25, 0.3) is 0 Å². The molecule has 0 unspecified atom stereocenters. The third-order valence-corrected chi connectivity index (χ3v) is 9.63. The molecule has 0 atom stereocenters. The Hall–Kier alpha value is -6.22. The fourth-order valence-electron chi connectivity index (χ4n) is 6.28. The van der Waals surface area contributed by atoms with E-state index >= 15 is 0 Å². The minimum atomic E-state index is -0.695. The summed E-state index contributed by atoms with van der Waals surface area (Å²) in [6.45, 7) is 26.5. The van der Waals surface area contributed by atoms with Crippen LogP contribution in [0.15, 0.2) is 29.3 Å². The van der Waals surface area contributed by atoms with Gasteiger partial charge in [0, 0.05) is 42.4 Å². The maximum atomic E-state index is 12.9. The lowest BCUT2D eigenvalue weighted by Crippen LogP contribution is -2.40. The number of morpholine rings is 2. The highest BCUT2D eigenvalue weighted by Crippen LogP contribution is 2.28. The number of esters is 2. The van der Waals surface area contributed by atoms with Crippen LogP contribution in [0.25, 0.3) is 21.9 Å². The highest BCUT2D eigenvalue weighted by molar-refractivity contribution is 5.94. The van der Waals surface area contributed by atoms with Crippen LogP contribution in [0.4, 0.5) is 23.0 Å². The fraction of sp³-hybridized carbons (Fsp3) is 0.591. The van der Waals surface area contributed by atoms with Crippen molar-refractivity contribution in [2.75, 3.05) is 73.3 Å². The molecule has 21 nitrogen and oxygen atoms in total. The van der Waals surface area contributed by atoms with Gasteiger partial charge in [-0.15, -0.1) is 5.10 Å². The van der Waals surface area contributed by atoms with Crippen molar-refractivity contribution in [3.05, 3.63) is 40.7 Å². The number of nitrogens with one attached hydrogen (secondary N) is 4. The van der Waals surface area contributed by atoms with Crippen LogP contribution in [0.1, 0.15) is 88.8 Å². The Morgan fingerprint density at radius 3 is 1.63 bits per heavy atom. The maximum absolute atomic E-state index is 12.9. The van der Waals surface area contributed by atoms with E-state index in [0.717, 1.165) is 24.5 Å². The van der Waals surface area contributed by atoms with Gasteiger partial charge in [-0.3, -0.25) is 45.4 Å². The topological polar surface area (TPSA) is 246 Å². The van der Waals surface area contributed by atoms with Crippen LogP contribution in [-0.4, -0.2) is 117 Å². The molecular weight excluding hydrogens is 841 g/mol. The Morgan fingerprint density at radius 1 is 0.646 bits per heavy atom. The predicted molar refractivity (Wildman–Crippen MR) is 245 cm³/mol. The van der Waals surface area contributed by atoms with E-state index in [0.29, 0.717) is 73.0 Å². The summed E-state index contributed by atoms with van der Waals surface area (Å²) in [6, 6.07) is 3.73. The summed E-state index contributed by atoms with van der Waals surface area (Å²) < 4.78 is 22.9. The summed E-state index contributed by atoms with van der Waals surface area (Å²) in [5.74, 6) is -1.03. The Balaban J connectivity index is 0.000000244. The van der Waals surface area contributed by atoms with Gasteiger partial charge in [0.1, 0.15) is 28.8 Å². The number of amides is 2. The van der Waals surface area contributed by atoms with Gasteiger partial charge in [0.2, 0.25) is 11.8 Å². The molecule has 0 bridgehead atoms. The zero-order valence-electron chi connectivity index (χ0n) is 39.6. The van der Waals surface area contributed by atoms with Crippen molar-refractivity contribution in [2.45, 2.75) is 107 Å². The number of ether oxygens (including phenoxy) is 4. The number of hydrazine groups is 2. The van der Waals surface area contributed by atoms with Crippen LogP contribution in [0, 0.1) is 10.8 Å². The van der Waals surface area contributed by atoms with Crippen LogP contribution in [0.5, 0.6) is 0 Å². The van der Waals surface area contributed by atoms with E-state index in [4.69, 9.17) is 18.9 Å². The molecule has 6 heterocycles. The van der Waals surface area contributed by atoms with Crippen molar-refractivity contribution in [1.29, 1.82) is 0 Å². The number of anilines is 4. The quantitative estimate of drug-likeness (QED) is 0.131. The normalized spacial score (nSPS) is 14.8. The van der Waals surface area contributed by atoms with Gasteiger partial charge < -0.3 is 28.7 Å². The smallest absolute Gasteiger partial charge is 0.350 e. The minimum Gasteiger partial charge on any atom is -0.460 e. The number of fused-ring (bicyclic) bond motifs is 2. The van der Waals surface area contributed by atoms with Crippen molar-refractivity contribution < 1.29 is 38.1 Å². The molecule has 4 aromatic rings. The first kappa shape index (κ1) is 49.8. The molecule has 2 amide bonds. The largest absolute Gasteiger partial charge is 0.460 e. The van der Waals surface area contributed by atoms with Crippen molar-refractivity contribution in [3.8, 4) is 0 Å². The molecular formula is C44H64N12O9. The zero-order valence-corrected chi connectivity index (χ0v) is 39.6. The summed E-state index contributed by atoms with van der Waals surface area (Å²) in [7, 11) is 0. The molecule has 0 aliphatic carbocycles. The Morgan fingerprint density at radius 2 is 1.12 bits per heavy atom. The summed E-state index contributed by atoms with van der Waals surface area (Å²) in [5.41, 5.74) is 11.0. The molecule has 4 N–H and O–H groups in total. The van der Waals surface area contributed by atoms with Gasteiger partial charge in [0.05, 0.1) is 67.8 Å². The number of pyridine rings is 2. The molecule has 2 fully saturated rings. The van der Waals surface area contributed by atoms with Gasteiger partial charge >= 0.3 is 17.6 Å². The van der Waals surface area contributed by atoms with E-state index in [1.54, 1.807) is 60.0 Å². The summed E-state index contributed by atoms with van der Waals surface area (Å²) >= 11 is 0. The predicted octanol–water partition coefficient (Wildman–Crippen LogP) is 3.69. The Bertz CT molecular complexity index is 2420. The standard InChI is InChI=1S/C22H32N6O5.C22H32N6O4/c1-21(2,3)19(30)26-25-18-17-15(11-14(12-23-17)27-7-9-32-10-8-27)28(20(31)24-18)13-16(29)33-22(4,5)6;1-21(2,3)20(30)27-26-19-18-15(11-14(13-23-18)28-7-9-31-10-8-28)16(24-25-19)12-17(29)32-22(4,5)6/h11-12H,7-10,13H2,1-6H3,(H,26,30)(H,24,25,31);11,13H,7-10,12H2,1-6H3,(H,25,26)(H,27,30). The number of nitrogens with zero attached hydrogens (tertiary/aromatic N) is 8. The molecule has 2 aliphatic rings. The van der Waals surface area contributed by atoms with Crippen molar-refractivity contribution in [1.82, 2.24) is 40.6 Å². The van der Waals surface area contributed by atoms with Gasteiger partial charge in [0.15, 0.2) is 11.6 Å². The SMILES string of the molecule is CC(C)(C)OC(=O)Cc1nnc(NNC(=O)C(C)(C)C)c2ncc(N3CCOCC3)cc12.CC(C)(C)OC(=O)Cn1c(=O)nc(NNC(=O)C(C)(C)C)c2ncc(N3CCOCC3)cc21. The third-order valence-electron chi connectivity index (χ3n) is 9.63. The second kappa shape index (κ2) is 20.3. The molecule has 65 heavy (non-hydrogen) atoms. The zero-order chi connectivity index (χ0) is 47.9. The molecule has 0 aromatic carbocycles. The van der Waals surface area contributed by atoms with Crippen LogP contribution >= 0.6 is 0 Å². The lowest BCUT2D eigenvalue weighted by molar-refractivity contribution is -0.156. The van der Waals surface area contributed by atoms with E-state index < -0.39 is 39.7 Å². The number of hydrogen-bond donors (Lipinski definition) is 4. The average molecular weight is 905 g/mol. The lowest BCUT2D eigenvalue weighted by Gasteiger charge is -2.29. The molecule has 2 saturated heterocycles. The molecule has 6 rings (SSSR count). The molecule has 354 valence electrons. The number of carbonyl (C=O) groups excluding carboxylic acids is 4. The number of aromatic nitrogens is 6. The first-order valence-corrected chi connectivity index (χ1v) is 21.6. The number of carbonyl (C=O) groups is 4. The maximum Gasteiger partial charge on any atom is 0.350 e. The second-order valence-corrected chi connectivity index (χ2v) is 19.7. The molecule has 0 spiro atoms. The number of hydrogen-bond acceptors (Lipinski definition) is 18. The first-order chi connectivity index (χ1) is 30.3. The van der Waals surface area contributed by atoms with Gasteiger partial charge in [-0.2, -0.15) is 10.1 Å². The van der Waals surface area contributed by atoms with E-state index in [9.17, 15) is 24.0 Å². The van der Waals surface area contributed by atoms with Crippen LogP contribution in [0.3, 0.4) is 0 Å². The molecule has 4 aromatic heterocycles. The fourth-order valence-corrected chi connectivity index (χ4v) is 6.28. The van der Waals surface area contributed by atoms with E-state index in [1.807, 2.05) is 47.6 Å². The van der Waals surface area contributed by atoms with Gasteiger partial charge in [-0.05, 0) is 53.7 Å².